The van der Waals surface area contributed by atoms with Crippen molar-refractivity contribution in [1.29, 1.82) is 0 Å². The fraction of sp³-hybridized carbons (Fsp3) is 0.312. The summed E-state index contributed by atoms with van der Waals surface area (Å²) in [5.74, 6) is 1.10. The molecule has 3 aromatic rings. The molecular weight excluding hydrogens is 294 g/mol. The predicted octanol–water partition coefficient (Wildman–Crippen LogP) is 2.51. The molecule has 3 heterocycles. The van der Waals surface area contributed by atoms with Gasteiger partial charge >= 0.3 is 0 Å². The summed E-state index contributed by atoms with van der Waals surface area (Å²) in [7, 11) is 0. The van der Waals surface area contributed by atoms with Gasteiger partial charge in [0.15, 0.2) is 0 Å². The van der Waals surface area contributed by atoms with Crippen molar-refractivity contribution in [3.8, 4) is 10.6 Å². The Bertz CT molecular complexity index is 749. The van der Waals surface area contributed by atoms with E-state index in [0.717, 1.165) is 36.8 Å². The van der Waals surface area contributed by atoms with Gasteiger partial charge in [0.25, 0.3) is 0 Å². The normalized spacial score (nSPS) is 17.4. The zero-order valence-electron chi connectivity index (χ0n) is 12.1. The highest BCUT2D eigenvalue weighted by Gasteiger charge is 2.19. The van der Waals surface area contributed by atoms with Gasteiger partial charge < -0.3 is 5.32 Å². The molecule has 0 amide bonds. The first-order valence-corrected chi connectivity index (χ1v) is 8.30. The summed E-state index contributed by atoms with van der Waals surface area (Å²) in [5, 5.41) is 8.96. The molecule has 0 saturated heterocycles. The van der Waals surface area contributed by atoms with E-state index in [1.165, 1.54) is 10.4 Å². The highest BCUT2D eigenvalue weighted by Crippen LogP contribution is 2.25. The average Bonchev–Trinajstić information content (AvgIpc) is 3.22. The molecule has 1 aromatic carbocycles. The minimum atomic E-state index is 0.455. The minimum absolute atomic E-state index is 0.455. The van der Waals surface area contributed by atoms with Gasteiger partial charge in [-0.05, 0) is 6.42 Å². The number of rotatable bonds is 4. The van der Waals surface area contributed by atoms with Crippen LogP contribution in [0.2, 0.25) is 0 Å². The molecule has 0 spiro atoms. The number of aryl methyl sites for hydroxylation is 1. The van der Waals surface area contributed by atoms with Crippen LogP contribution in [-0.2, 0) is 19.5 Å². The van der Waals surface area contributed by atoms with Crippen molar-refractivity contribution in [1.82, 2.24) is 25.1 Å². The van der Waals surface area contributed by atoms with Gasteiger partial charge in [0.05, 0.1) is 6.54 Å². The summed E-state index contributed by atoms with van der Waals surface area (Å²) < 4.78 is 2.00. The predicted molar refractivity (Wildman–Crippen MR) is 86.5 cm³/mol. The third-order valence-corrected chi connectivity index (χ3v) is 4.99. The fourth-order valence-electron chi connectivity index (χ4n) is 2.75. The van der Waals surface area contributed by atoms with Crippen molar-refractivity contribution in [2.45, 2.75) is 32.0 Å². The van der Waals surface area contributed by atoms with Gasteiger partial charge in [0.2, 0.25) is 0 Å². The molecule has 0 saturated carbocycles. The SMILES string of the molecule is c1ccc(-c2ncc(CN[C@@H]3CCc4ncnn4C3)s2)cc1. The maximum Gasteiger partial charge on any atom is 0.138 e. The molecule has 0 fully saturated rings. The number of hydrogen-bond donors (Lipinski definition) is 1. The lowest BCUT2D eigenvalue weighted by Crippen LogP contribution is -2.37. The van der Waals surface area contributed by atoms with Gasteiger partial charge in [0.1, 0.15) is 17.2 Å². The van der Waals surface area contributed by atoms with Gasteiger partial charge in [-0.2, -0.15) is 5.10 Å². The van der Waals surface area contributed by atoms with Crippen LogP contribution in [0.15, 0.2) is 42.9 Å². The highest BCUT2D eigenvalue weighted by molar-refractivity contribution is 7.15. The van der Waals surface area contributed by atoms with Crippen LogP contribution in [0.3, 0.4) is 0 Å². The van der Waals surface area contributed by atoms with Crippen LogP contribution < -0.4 is 5.32 Å². The number of hydrogen-bond acceptors (Lipinski definition) is 5. The van der Waals surface area contributed by atoms with E-state index in [9.17, 15) is 0 Å². The Balaban J connectivity index is 1.38. The topological polar surface area (TPSA) is 55.6 Å². The van der Waals surface area contributed by atoms with Crippen LogP contribution in [-0.4, -0.2) is 25.8 Å². The molecule has 0 unspecified atom stereocenters. The zero-order chi connectivity index (χ0) is 14.8. The standard InChI is InChI=1S/C16H17N5S/c1-2-4-12(5-3-1)16-18-9-14(22-16)8-17-13-6-7-15-19-11-20-21(15)10-13/h1-5,9,11,13,17H,6-8,10H2/t13-/m1/s1. The van der Waals surface area contributed by atoms with Crippen molar-refractivity contribution in [3.05, 3.63) is 53.6 Å². The molecule has 112 valence electrons. The number of aromatic nitrogens is 4. The van der Waals surface area contributed by atoms with Gasteiger partial charge in [-0.25, -0.2) is 14.6 Å². The van der Waals surface area contributed by atoms with Crippen molar-refractivity contribution in [3.63, 3.8) is 0 Å². The van der Waals surface area contributed by atoms with Crippen LogP contribution in [0, 0.1) is 0 Å². The van der Waals surface area contributed by atoms with Gasteiger partial charge in [-0.3, -0.25) is 0 Å². The second-order valence-electron chi connectivity index (χ2n) is 5.47. The number of benzene rings is 1. The minimum Gasteiger partial charge on any atom is -0.307 e. The molecule has 2 aromatic heterocycles. The van der Waals surface area contributed by atoms with E-state index in [1.54, 1.807) is 17.7 Å². The van der Waals surface area contributed by atoms with Crippen LogP contribution in [0.4, 0.5) is 0 Å². The van der Waals surface area contributed by atoms with Gasteiger partial charge in [-0.15, -0.1) is 11.3 Å². The van der Waals surface area contributed by atoms with Crippen molar-refractivity contribution >= 4 is 11.3 Å². The Hall–Kier alpha value is -2.05. The molecule has 0 bridgehead atoms. The Morgan fingerprint density at radius 3 is 3.05 bits per heavy atom. The summed E-state index contributed by atoms with van der Waals surface area (Å²) in [5.41, 5.74) is 1.18. The second kappa shape index (κ2) is 5.98. The lowest BCUT2D eigenvalue weighted by Gasteiger charge is -2.23. The third kappa shape index (κ3) is 2.80. The van der Waals surface area contributed by atoms with Crippen LogP contribution >= 0.6 is 11.3 Å². The summed E-state index contributed by atoms with van der Waals surface area (Å²) in [4.78, 5) is 10.1. The van der Waals surface area contributed by atoms with E-state index in [-0.39, 0.29) is 0 Å². The van der Waals surface area contributed by atoms with Crippen molar-refractivity contribution in [2.75, 3.05) is 0 Å². The second-order valence-corrected chi connectivity index (χ2v) is 6.59. The quantitative estimate of drug-likeness (QED) is 0.804. The number of thiazole rings is 1. The van der Waals surface area contributed by atoms with Gasteiger partial charge in [-0.1, -0.05) is 30.3 Å². The van der Waals surface area contributed by atoms with Crippen molar-refractivity contribution in [2.24, 2.45) is 0 Å². The number of nitrogens with zero attached hydrogens (tertiary/aromatic N) is 4. The van der Waals surface area contributed by atoms with Gasteiger partial charge in [0, 0.05) is 35.6 Å². The van der Waals surface area contributed by atoms with E-state index < -0.39 is 0 Å². The largest absolute Gasteiger partial charge is 0.307 e. The monoisotopic (exact) mass is 311 g/mol. The Morgan fingerprint density at radius 2 is 2.14 bits per heavy atom. The fourth-order valence-corrected chi connectivity index (χ4v) is 3.62. The maximum atomic E-state index is 4.53. The summed E-state index contributed by atoms with van der Waals surface area (Å²) in [6.07, 6.45) is 5.73. The Morgan fingerprint density at radius 1 is 1.23 bits per heavy atom. The summed E-state index contributed by atoms with van der Waals surface area (Å²) in [6, 6.07) is 10.8. The lowest BCUT2D eigenvalue weighted by atomic mass is 10.1. The molecule has 4 rings (SSSR count). The highest BCUT2D eigenvalue weighted by atomic mass is 32.1. The van der Waals surface area contributed by atoms with E-state index in [2.05, 4.69) is 32.5 Å². The number of fused-ring (bicyclic) bond motifs is 1. The van der Waals surface area contributed by atoms with Crippen molar-refractivity contribution < 1.29 is 0 Å². The Labute approximate surface area is 133 Å². The van der Waals surface area contributed by atoms with E-state index >= 15 is 0 Å². The molecule has 0 aliphatic carbocycles. The van der Waals surface area contributed by atoms with E-state index in [0.29, 0.717) is 6.04 Å². The van der Waals surface area contributed by atoms with Crippen LogP contribution in [0.1, 0.15) is 17.1 Å². The molecule has 1 aliphatic heterocycles. The van der Waals surface area contributed by atoms with Crippen LogP contribution in [0.25, 0.3) is 10.6 Å². The lowest BCUT2D eigenvalue weighted by molar-refractivity contribution is 0.359. The third-order valence-electron chi connectivity index (χ3n) is 3.94. The molecule has 22 heavy (non-hydrogen) atoms. The summed E-state index contributed by atoms with van der Waals surface area (Å²) in [6.45, 7) is 1.76. The zero-order valence-corrected chi connectivity index (χ0v) is 13.0. The molecule has 6 heteroatoms. The summed E-state index contributed by atoms with van der Waals surface area (Å²) >= 11 is 1.75. The molecule has 1 N–H and O–H groups in total. The first kappa shape index (κ1) is 13.6. The molecule has 1 aliphatic rings. The molecule has 5 nitrogen and oxygen atoms in total. The number of nitrogens with one attached hydrogen (secondary N) is 1. The molecular formula is C16H17N5S. The smallest absolute Gasteiger partial charge is 0.138 e. The van der Waals surface area contributed by atoms with E-state index in [4.69, 9.17) is 0 Å². The van der Waals surface area contributed by atoms with E-state index in [1.807, 2.05) is 29.1 Å². The molecule has 1 atom stereocenters. The maximum absolute atomic E-state index is 4.53. The van der Waals surface area contributed by atoms with Crippen LogP contribution in [0.5, 0.6) is 0 Å². The Kier molecular flexibility index (Phi) is 3.70. The average molecular weight is 311 g/mol. The molecule has 0 radical (unpaired) electrons. The first-order chi connectivity index (χ1) is 10.9. The first-order valence-electron chi connectivity index (χ1n) is 7.49.